The van der Waals surface area contributed by atoms with Crippen LogP contribution >= 0.6 is 0 Å². The third kappa shape index (κ3) is 2.14. The van der Waals surface area contributed by atoms with Crippen molar-refractivity contribution in [1.82, 2.24) is 0 Å². The highest BCUT2D eigenvalue weighted by Crippen LogP contribution is 2.50. The Hall–Kier alpha value is -0.900. The molecule has 0 saturated heterocycles. The second-order valence-corrected chi connectivity index (χ2v) is 6.69. The van der Waals surface area contributed by atoms with Gasteiger partial charge >= 0.3 is 0 Å². The molecule has 21 heavy (non-hydrogen) atoms. The van der Waals surface area contributed by atoms with Gasteiger partial charge in [0.2, 0.25) is 0 Å². The molecule has 0 bridgehead atoms. The lowest BCUT2D eigenvalue weighted by Gasteiger charge is -2.54. The van der Waals surface area contributed by atoms with Crippen LogP contribution in [-0.4, -0.2) is 30.5 Å². The highest BCUT2D eigenvalue weighted by Gasteiger charge is 2.57. The number of aliphatic hydroxyl groups is 1. The van der Waals surface area contributed by atoms with E-state index in [0.29, 0.717) is 6.54 Å². The molecule has 3 nitrogen and oxygen atoms in total. The van der Waals surface area contributed by atoms with Gasteiger partial charge in [-0.1, -0.05) is 37.1 Å². The number of ether oxygens (including phenoxy) is 1. The molecule has 2 aliphatic carbocycles. The average Bonchev–Trinajstić information content (AvgIpc) is 2.54. The molecule has 3 rings (SSSR count). The summed E-state index contributed by atoms with van der Waals surface area (Å²) in [5, 5.41) is 11.6. The number of hydrogen-bond donors (Lipinski definition) is 2. The van der Waals surface area contributed by atoms with Crippen LogP contribution in [0.15, 0.2) is 24.3 Å². The van der Waals surface area contributed by atoms with Gasteiger partial charge in [-0.3, -0.25) is 0 Å². The zero-order valence-corrected chi connectivity index (χ0v) is 13.0. The summed E-state index contributed by atoms with van der Waals surface area (Å²) in [5.74, 6) is 0. The minimum absolute atomic E-state index is 0.110. The van der Waals surface area contributed by atoms with Crippen molar-refractivity contribution < 1.29 is 9.84 Å². The highest BCUT2D eigenvalue weighted by atomic mass is 16.5. The first-order valence-electron chi connectivity index (χ1n) is 8.21. The molecule has 1 aromatic rings. The molecular formula is C18H27NO2. The van der Waals surface area contributed by atoms with Crippen LogP contribution in [0.2, 0.25) is 0 Å². The number of aryl methyl sites for hydroxylation is 1. The van der Waals surface area contributed by atoms with E-state index in [1.807, 2.05) is 0 Å². The van der Waals surface area contributed by atoms with Crippen LogP contribution in [0.3, 0.4) is 0 Å². The van der Waals surface area contributed by atoms with Crippen LogP contribution in [0.25, 0.3) is 0 Å². The van der Waals surface area contributed by atoms with Gasteiger partial charge in [-0.25, -0.2) is 0 Å². The molecule has 3 N–H and O–H groups in total. The highest BCUT2D eigenvalue weighted by molar-refractivity contribution is 5.41. The summed E-state index contributed by atoms with van der Waals surface area (Å²) in [6.07, 6.45) is 6.92. The number of methoxy groups -OCH3 is 1. The SMILES string of the molecule is COC1CCCCC1(O)C1(CN)CCCc2ccccc21. The van der Waals surface area contributed by atoms with E-state index in [0.717, 1.165) is 44.9 Å². The number of benzene rings is 1. The zero-order chi connectivity index (χ0) is 14.9. The van der Waals surface area contributed by atoms with E-state index in [9.17, 15) is 5.11 Å². The molecular weight excluding hydrogens is 262 g/mol. The Kier molecular flexibility index (Phi) is 4.08. The molecule has 0 aliphatic heterocycles. The summed E-state index contributed by atoms with van der Waals surface area (Å²) in [5.41, 5.74) is 7.68. The predicted octanol–water partition coefficient (Wildman–Crippen LogP) is 2.54. The van der Waals surface area contributed by atoms with Gasteiger partial charge < -0.3 is 15.6 Å². The molecule has 1 aromatic carbocycles. The molecule has 0 radical (unpaired) electrons. The fourth-order valence-electron chi connectivity index (χ4n) is 4.74. The zero-order valence-electron chi connectivity index (χ0n) is 13.0. The van der Waals surface area contributed by atoms with E-state index in [4.69, 9.17) is 10.5 Å². The van der Waals surface area contributed by atoms with Crippen molar-refractivity contribution in [2.24, 2.45) is 5.73 Å². The maximum Gasteiger partial charge on any atom is 0.102 e. The fraction of sp³-hybridized carbons (Fsp3) is 0.667. The standard InChI is InChI=1S/C18H27NO2/c1-21-16-10-4-5-12-18(16,20)17(13-19)11-6-8-14-7-2-3-9-15(14)17/h2-3,7,9,16,20H,4-6,8,10-13,19H2,1H3. The fourth-order valence-corrected chi connectivity index (χ4v) is 4.74. The van der Waals surface area contributed by atoms with Crippen LogP contribution in [0, 0.1) is 0 Å². The monoisotopic (exact) mass is 289 g/mol. The van der Waals surface area contributed by atoms with Gasteiger partial charge in [-0.2, -0.15) is 0 Å². The maximum absolute atomic E-state index is 11.6. The minimum Gasteiger partial charge on any atom is -0.386 e. The lowest BCUT2D eigenvalue weighted by molar-refractivity contribution is -0.163. The predicted molar refractivity (Wildman–Crippen MR) is 84.3 cm³/mol. The van der Waals surface area contributed by atoms with E-state index < -0.39 is 5.60 Å². The van der Waals surface area contributed by atoms with Crippen molar-refractivity contribution in [3.8, 4) is 0 Å². The summed E-state index contributed by atoms with van der Waals surface area (Å²) in [6, 6.07) is 8.51. The van der Waals surface area contributed by atoms with Gasteiger partial charge in [0.05, 0.1) is 6.10 Å². The molecule has 3 unspecified atom stereocenters. The number of fused-ring (bicyclic) bond motifs is 1. The quantitative estimate of drug-likeness (QED) is 0.899. The number of nitrogens with two attached hydrogens (primary N) is 1. The van der Waals surface area contributed by atoms with Crippen LogP contribution in [-0.2, 0) is 16.6 Å². The Morgan fingerprint density at radius 2 is 2.05 bits per heavy atom. The second-order valence-electron chi connectivity index (χ2n) is 6.69. The molecule has 1 saturated carbocycles. The van der Waals surface area contributed by atoms with Gasteiger partial charge in [-0.15, -0.1) is 0 Å². The summed E-state index contributed by atoms with van der Waals surface area (Å²) < 4.78 is 5.70. The van der Waals surface area contributed by atoms with Crippen molar-refractivity contribution in [3.05, 3.63) is 35.4 Å². The molecule has 3 atom stereocenters. The Balaban J connectivity index is 2.12. The Morgan fingerprint density at radius 3 is 2.81 bits per heavy atom. The molecule has 116 valence electrons. The Labute approximate surface area is 127 Å². The smallest absolute Gasteiger partial charge is 0.102 e. The maximum atomic E-state index is 11.6. The summed E-state index contributed by atoms with van der Waals surface area (Å²) in [4.78, 5) is 0. The second kappa shape index (κ2) is 5.71. The molecule has 0 aromatic heterocycles. The Bertz CT molecular complexity index is 504. The third-order valence-electron chi connectivity index (χ3n) is 5.85. The summed E-state index contributed by atoms with van der Waals surface area (Å²) in [6.45, 7) is 0.486. The molecule has 2 aliphatic rings. The lowest BCUT2D eigenvalue weighted by Crippen LogP contribution is -2.64. The van der Waals surface area contributed by atoms with Crippen LogP contribution in [0.1, 0.15) is 49.7 Å². The van der Waals surface area contributed by atoms with Crippen molar-refractivity contribution >= 4 is 0 Å². The van der Waals surface area contributed by atoms with Crippen molar-refractivity contribution in [3.63, 3.8) is 0 Å². The first-order chi connectivity index (χ1) is 10.2. The third-order valence-corrected chi connectivity index (χ3v) is 5.85. The van der Waals surface area contributed by atoms with E-state index in [-0.39, 0.29) is 11.5 Å². The van der Waals surface area contributed by atoms with Gasteiger partial charge in [0.15, 0.2) is 0 Å². The number of hydrogen-bond acceptors (Lipinski definition) is 3. The summed E-state index contributed by atoms with van der Waals surface area (Å²) in [7, 11) is 1.72. The van der Waals surface area contributed by atoms with Crippen LogP contribution in [0.4, 0.5) is 0 Å². The first kappa shape index (κ1) is 15.0. The molecule has 3 heteroatoms. The van der Waals surface area contributed by atoms with Gasteiger partial charge in [0.1, 0.15) is 5.60 Å². The van der Waals surface area contributed by atoms with Crippen molar-refractivity contribution in [2.75, 3.05) is 13.7 Å². The molecule has 0 spiro atoms. The normalized spacial score (nSPS) is 36.2. The van der Waals surface area contributed by atoms with Crippen LogP contribution < -0.4 is 5.73 Å². The average molecular weight is 289 g/mol. The minimum atomic E-state index is -0.842. The van der Waals surface area contributed by atoms with Crippen LogP contribution in [0.5, 0.6) is 0 Å². The summed E-state index contributed by atoms with van der Waals surface area (Å²) >= 11 is 0. The van der Waals surface area contributed by atoms with Gasteiger partial charge in [-0.05, 0) is 43.2 Å². The first-order valence-corrected chi connectivity index (χ1v) is 8.21. The number of rotatable bonds is 3. The lowest BCUT2D eigenvalue weighted by atomic mass is 9.55. The molecule has 1 fully saturated rings. The van der Waals surface area contributed by atoms with E-state index >= 15 is 0 Å². The Morgan fingerprint density at radius 1 is 1.24 bits per heavy atom. The van der Waals surface area contributed by atoms with Crippen molar-refractivity contribution in [2.45, 2.75) is 62.1 Å². The molecule has 0 heterocycles. The molecule has 0 amide bonds. The largest absolute Gasteiger partial charge is 0.386 e. The van der Waals surface area contributed by atoms with Gasteiger partial charge in [0.25, 0.3) is 0 Å². The van der Waals surface area contributed by atoms with E-state index in [1.54, 1.807) is 7.11 Å². The van der Waals surface area contributed by atoms with E-state index in [1.165, 1.54) is 11.1 Å². The van der Waals surface area contributed by atoms with E-state index in [2.05, 4.69) is 24.3 Å². The van der Waals surface area contributed by atoms with Crippen molar-refractivity contribution in [1.29, 1.82) is 0 Å². The topological polar surface area (TPSA) is 55.5 Å². The van der Waals surface area contributed by atoms with Gasteiger partial charge in [0, 0.05) is 19.1 Å².